The summed E-state index contributed by atoms with van der Waals surface area (Å²) in [5.74, 6) is -0.535. The van der Waals surface area contributed by atoms with Gasteiger partial charge in [-0.3, -0.25) is 4.79 Å². The van der Waals surface area contributed by atoms with Crippen molar-refractivity contribution in [2.45, 2.75) is 6.42 Å². The normalized spacial score (nSPS) is 15.7. The zero-order chi connectivity index (χ0) is 15.1. The Bertz CT molecular complexity index is 476. The van der Waals surface area contributed by atoms with Gasteiger partial charge in [-0.05, 0) is 25.1 Å². The van der Waals surface area contributed by atoms with E-state index in [1.165, 1.54) is 19.2 Å². The maximum atomic E-state index is 13.7. The number of methoxy groups -OCH3 is 1. The minimum atomic E-state index is -0.561. The number of hydrogen-bond donors (Lipinski definition) is 2. The van der Waals surface area contributed by atoms with Crippen LogP contribution in [0.1, 0.15) is 16.8 Å². The van der Waals surface area contributed by atoms with E-state index in [1.807, 2.05) is 0 Å². The predicted octanol–water partition coefficient (Wildman–Crippen LogP) is 0.859. The molecule has 1 fully saturated rings. The zero-order valence-electron chi connectivity index (χ0n) is 12.3. The lowest BCUT2D eigenvalue weighted by Gasteiger charge is -2.27. The van der Waals surface area contributed by atoms with E-state index in [0.29, 0.717) is 12.3 Å². The van der Waals surface area contributed by atoms with Gasteiger partial charge in [-0.25, -0.2) is 4.39 Å². The highest BCUT2D eigenvalue weighted by atomic mass is 19.1. The molecule has 0 saturated carbocycles. The van der Waals surface area contributed by atoms with Gasteiger partial charge in [-0.2, -0.15) is 0 Å². The number of carbonyl (C=O) groups is 1. The van der Waals surface area contributed by atoms with Crippen LogP contribution in [-0.4, -0.2) is 57.2 Å². The number of nitrogens with one attached hydrogen (secondary N) is 2. The second kappa shape index (κ2) is 7.95. The Morgan fingerprint density at radius 3 is 2.86 bits per heavy atom. The van der Waals surface area contributed by atoms with Crippen molar-refractivity contribution in [2.24, 2.45) is 0 Å². The number of piperazine rings is 1. The largest absolute Gasteiger partial charge is 0.497 e. The van der Waals surface area contributed by atoms with Crippen LogP contribution in [0.15, 0.2) is 18.2 Å². The fourth-order valence-corrected chi connectivity index (χ4v) is 2.34. The molecule has 0 atom stereocenters. The highest BCUT2D eigenvalue weighted by Crippen LogP contribution is 2.16. The van der Waals surface area contributed by atoms with Crippen molar-refractivity contribution >= 4 is 5.91 Å². The Morgan fingerprint density at radius 1 is 1.43 bits per heavy atom. The van der Waals surface area contributed by atoms with E-state index >= 15 is 0 Å². The van der Waals surface area contributed by atoms with E-state index in [1.54, 1.807) is 6.07 Å². The smallest absolute Gasteiger partial charge is 0.254 e. The van der Waals surface area contributed by atoms with Crippen molar-refractivity contribution in [1.29, 1.82) is 0 Å². The van der Waals surface area contributed by atoms with Gasteiger partial charge in [0.05, 0.1) is 12.7 Å². The Morgan fingerprint density at radius 2 is 2.19 bits per heavy atom. The second-order valence-electron chi connectivity index (χ2n) is 5.05. The first-order valence-electron chi connectivity index (χ1n) is 7.25. The molecule has 0 spiro atoms. The molecular formula is C15H22FN3O2. The third-order valence-corrected chi connectivity index (χ3v) is 3.57. The summed E-state index contributed by atoms with van der Waals surface area (Å²) >= 11 is 0. The lowest BCUT2D eigenvalue weighted by molar-refractivity contribution is 0.0947. The quantitative estimate of drug-likeness (QED) is 0.764. The fourth-order valence-electron chi connectivity index (χ4n) is 2.34. The van der Waals surface area contributed by atoms with Gasteiger partial charge >= 0.3 is 0 Å². The number of hydrogen-bond acceptors (Lipinski definition) is 4. The Balaban J connectivity index is 1.74. The average Bonchev–Trinajstić information content (AvgIpc) is 2.52. The highest BCUT2D eigenvalue weighted by molar-refractivity contribution is 5.94. The van der Waals surface area contributed by atoms with Crippen molar-refractivity contribution < 1.29 is 13.9 Å². The summed E-state index contributed by atoms with van der Waals surface area (Å²) < 4.78 is 18.6. The van der Waals surface area contributed by atoms with Crippen LogP contribution in [0.5, 0.6) is 5.75 Å². The molecule has 1 aromatic carbocycles. The van der Waals surface area contributed by atoms with E-state index in [-0.39, 0.29) is 11.5 Å². The molecular weight excluding hydrogens is 273 g/mol. The van der Waals surface area contributed by atoms with Crippen molar-refractivity contribution in [3.63, 3.8) is 0 Å². The van der Waals surface area contributed by atoms with E-state index in [0.717, 1.165) is 39.1 Å². The highest BCUT2D eigenvalue weighted by Gasteiger charge is 2.13. The molecule has 0 bridgehead atoms. The number of halogens is 1. The molecule has 1 aliphatic rings. The molecule has 0 unspecified atom stereocenters. The summed E-state index contributed by atoms with van der Waals surface area (Å²) in [6, 6.07) is 4.24. The van der Waals surface area contributed by atoms with Gasteiger partial charge in [0.1, 0.15) is 11.6 Å². The van der Waals surface area contributed by atoms with Crippen molar-refractivity contribution in [1.82, 2.24) is 15.5 Å². The fraction of sp³-hybridized carbons (Fsp3) is 0.533. The molecule has 0 aliphatic carbocycles. The molecule has 1 aromatic rings. The topological polar surface area (TPSA) is 53.6 Å². The van der Waals surface area contributed by atoms with Crippen LogP contribution in [0.3, 0.4) is 0 Å². The molecule has 5 nitrogen and oxygen atoms in total. The first kappa shape index (κ1) is 15.7. The van der Waals surface area contributed by atoms with Crippen LogP contribution < -0.4 is 15.4 Å². The Labute approximate surface area is 124 Å². The molecule has 2 rings (SSSR count). The molecule has 2 N–H and O–H groups in total. The maximum Gasteiger partial charge on any atom is 0.254 e. The third-order valence-electron chi connectivity index (χ3n) is 3.57. The zero-order valence-corrected chi connectivity index (χ0v) is 12.3. The van der Waals surface area contributed by atoms with Gasteiger partial charge < -0.3 is 20.3 Å². The van der Waals surface area contributed by atoms with E-state index in [2.05, 4.69) is 15.5 Å². The number of benzene rings is 1. The number of nitrogens with zero attached hydrogens (tertiary/aromatic N) is 1. The lowest BCUT2D eigenvalue weighted by atomic mass is 10.2. The predicted molar refractivity (Wildman–Crippen MR) is 79.2 cm³/mol. The average molecular weight is 295 g/mol. The van der Waals surface area contributed by atoms with Gasteiger partial charge in [0, 0.05) is 38.8 Å². The summed E-state index contributed by atoms with van der Waals surface area (Å²) in [4.78, 5) is 14.3. The number of rotatable bonds is 6. The van der Waals surface area contributed by atoms with Crippen LogP contribution in [0.25, 0.3) is 0 Å². The summed E-state index contributed by atoms with van der Waals surface area (Å²) in [6.07, 6.45) is 0.865. The van der Waals surface area contributed by atoms with E-state index < -0.39 is 5.82 Å². The second-order valence-corrected chi connectivity index (χ2v) is 5.05. The Hall–Kier alpha value is -1.66. The SMILES string of the molecule is COc1ccc(C(=O)NCCCN2CCNCC2)c(F)c1. The van der Waals surface area contributed by atoms with Crippen LogP contribution in [-0.2, 0) is 0 Å². The molecule has 1 aliphatic heterocycles. The van der Waals surface area contributed by atoms with E-state index in [9.17, 15) is 9.18 Å². The maximum absolute atomic E-state index is 13.7. The lowest BCUT2D eigenvalue weighted by Crippen LogP contribution is -2.44. The van der Waals surface area contributed by atoms with Crippen molar-refractivity contribution in [3.8, 4) is 5.75 Å². The number of carbonyl (C=O) groups excluding carboxylic acids is 1. The number of amides is 1. The van der Waals surface area contributed by atoms with Gasteiger partial charge in [0.25, 0.3) is 5.91 Å². The van der Waals surface area contributed by atoms with Gasteiger partial charge in [-0.15, -0.1) is 0 Å². The third kappa shape index (κ3) is 4.68. The van der Waals surface area contributed by atoms with Crippen LogP contribution in [0, 0.1) is 5.82 Å². The van der Waals surface area contributed by atoms with Gasteiger partial charge in [0.2, 0.25) is 0 Å². The van der Waals surface area contributed by atoms with E-state index in [4.69, 9.17) is 4.74 Å². The van der Waals surface area contributed by atoms with Crippen LogP contribution in [0.2, 0.25) is 0 Å². The molecule has 1 saturated heterocycles. The molecule has 0 radical (unpaired) electrons. The first-order chi connectivity index (χ1) is 10.2. The molecule has 6 heteroatoms. The molecule has 1 amide bonds. The molecule has 116 valence electrons. The number of ether oxygens (including phenoxy) is 1. The van der Waals surface area contributed by atoms with Gasteiger partial charge in [0.15, 0.2) is 0 Å². The summed E-state index contributed by atoms with van der Waals surface area (Å²) in [5.41, 5.74) is 0.0537. The van der Waals surface area contributed by atoms with Gasteiger partial charge in [-0.1, -0.05) is 0 Å². The monoisotopic (exact) mass is 295 g/mol. The van der Waals surface area contributed by atoms with Crippen LogP contribution in [0.4, 0.5) is 4.39 Å². The summed E-state index contributed by atoms with van der Waals surface area (Å²) in [5, 5.41) is 6.05. The molecule has 1 heterocycles. The summed E-state index contributed by atoms with van der Waals surface area (Å²) in [7, 11) is 1.46. The standard InChI is InChI=1S/C15H22FN3O2/c1-21-12-3-4-13(14(16)11-12)15(20)18-5-2-8-19-9-6-17-7-10-19/h3-4,11,17H,2,5-10H2,1H3,(H,18,20). The minimum Gasteiger partial charge on any atom is -0.497 e. The molecule has 0 aromatic heterocycles. The first-order valence-corrected chi connectivity index (χ1v) is 7.25. The van der Waals surface area contributed by atoms with Crippen LogP contribution >= 0.6 is 0 Å². The minimum absolute atomic E-state index is 0.0537. The Kier molecular flexibility index (Phi) is 5.95. The summed E-state index contributed by atoms with van der Waals surface area (Å²) in [6.45, 7) is 5.62. The van der Waals surface area contributed by atoms with Crippen molar-refractivity contribution in [3.05, 3.63) is 29.6 Å². The molecule has 21 heavy (non-hydrogen) atoms. The van der Waals surface area contributed by atoms with Crippen molar-refractivity contribution in [2.75, 3.05) is 46.4 Å².